The molecule has 10 heteroatoms. The summed E-state index contributed by atoms with van der Waals surface area (Å²) >= 11 is 0. The van der Waals surface area contributed by atoms with Gasteiger partial charge in [0.2, 0.25) is 17.6 Å². The molecule has 37 heavy (non-hydrogen) atoms. The summed E-state index contributed by atoms with van der Waals surface area (Å²) in [5, 5.41) is 7.89. The number of rotatable bonds is 8. The van der Waals surface area contributed by atoms with E-state index in [1.807, 2.05) is 20.8 Å². The largest absolute Gasteiger partial charge is 0.444 e. The number of carbonyl (C=O) groups excluding carboxylic acids is 5. The Morgan fingerprint density at radius 3 is 2.08 bits per heavy atom. The number of ketones is 1. The van der Waals surface area contributed by atoms with E-state index in [1.165, 1.54) is 7.05 Å². The Bertz CT molecular complexity index is 959. The Balaban J connectivity index is 1.83. The SMILES string of the molecule is CNC(=O)C(=O)C(CC1CC1)NC(=O)[C@@H]1[C@@H]2[C@H](CN1C(=O)[C@@H](NC(=O)OC(C)(C)C)C(C)(C)C)C2(C)C. The number of hydrogen-bond donors (Lipinski definition) is 3. The third-order valence-electron chi connectivity index (χ3n) is 7.88. The molecule has 0 aromatic carbocycles. The van der Waals surface area contributed by atoms with Crippen LogP contribution in [-0.4, -0.2) is 71.8 Å². The molecule has 3 N–H and O–H groups in total. The van der Waals surface area contributed by atoms with E-state index < -0.39 is 52.8 Å². The smallest absolute Gasteiger partial charge is 0.408 e. The number of carbonyl (C=O) groups is 5. The highest BCUT2D eigenvalue weighted by Gasteiger charge is 2.70. The number of piperidine rings is 1. The predicted octanol–water partition coefficient (Wildman–Crippen LogP) is 2.01. The van der Waals surface area contributed by atoms with Crippen LogP contribution in [0.1, 0.15) is 74.7 Å². The van der Waals surface area contributed by atoms with Gasteiger partial charge in [-0.15, -0.1) is 0 Å². The van der Waals surface area contributed by atoms with Crippen molar-refractivity contribution in [3.63, 3.8) is 0 Å². The summed E-state index contributed by atoms with van der Waals surface area (Å²) in [5.41, 5.74) is -1.52. The maximum absolute atomic E-state index is 13.9. The number of ether oxygens (including phenoxy) is 1. The van der Waals surface area contributed by atoms with Crippen molar-refractivity contribution in [3.05, 3.63) is 0 Å². The fourth-order valence-corrected chi connectivity index (χ4v) is 5.51. The van der Waals surface area contributed by atoms with Crippen molar-refractivity contribution in [2.75, 3.05) is 13.6 Å². The Labute approximate surface area is 220 Å². The van der Waals surface area contributed by atoms with Crippen molar-refractivity contribution in [2.45, 2.75) is 98.4 Å². The summed E-state index contributed by atoms with van der Waals surface area (Å²) in [6.45, 7) is 15.3. The number of likely N-dealkylation sites (tertiary alicyclic amines) is 1. The van der Waals surface area contributed by atoms with Crippen molar-refractivity contribution in [3.8, 4) is 0 Å². The third kappa shape index (κ3) is 6.44. The van der Waals surface area contributed by atoms with Gasteiger partial charge in [-0.05, 0) is 55.8 Å². The van der Waals surface area contributed by atoms with Crippen molar-refractivity contribution in [2.24, 2.45) is 28.6 Å². The number of nitrogens with one attached hydrogen (secondary N) is 3. The Kier molecular flexibility index (Phi) is 7.74. The quantitative estimate of drug-likeness (QED) is 0.419. The van der Waals surface area contributed by atoms with Gasteiger partial charge in [0, 0.05) is 13.6 Å². The third-order valence-corrected chi connectivity index (χ3v) is 7.88. The van der Waals surface area contributed by atoms with Gasteiger partial charge in [-0.1, -0.05) is 47.5 Å². The van der Waals surface area contributed by atoms with E-state index in [9.17, 15) is 24.0 Å². The van der Waals surface area contributed by atoms with Gasteiger partial charge >= 0.3 is 6.09 Å². The molecule has 2 aliphatic carbocycles. The minimum atomic E-state index is -0.934. The lowest BCUT2D eigenvalue weighted by Crippen LogP contribution is -2.60. The zero-order valence-electron chi connectivity index (χ0n) is 23.7. The Morgan fingerprint density at radius 1 is 1.00 bits per heavy atom. The zero-order valence-corrected chi connectivity index (χ0v) is 23.7. The van der Waals surface area contributed by atoms with E-state index in [0.717, 1.165) is 12.8 Å². The van der Waals surface area contributed by atoms with Gasteiger partial charge in [-0.3, -0.25) is 19.2 Å². The molecule has 3 aliphatic rings. The second-order valence-corrected chi connectivity index (χ2v) is 13.5. The molecule has 1 saturated heterocycles. The molecule has 1 heterocycles. The molecule has 5 atom stereocenters. The molecular formula is C27H44N4O6. The van der Waals surface area contributed by atoms with Crippen molar-refractivity contribution in [1.29, 1.82) is 0 Å². The second-order valence-electron chi connectivity index (χ2n) is 13.5. The van der Waals surface area contributed by atoms with Crippen molar-refractivity contribution in [1.82, 2.24) is 20.9 Å². The lowest BCUT2D eigenvalue weighted by Gasteiger charge is -2.38. The van der Waals surface area contributed by atoms with Gasteiger partial charge in [0.05, 0.1) is 6.04 Å². The number of fused-ring (bicyclic) bond motifs is 1. The van der Waals surface area contributed by atoms with Gasteiger partial charge < -0.3 is 25.6 Å². The maximum atomic E-state index is 13.9. The first-order valence-electron chi connectivity index (χ1n) is 13.2. The summed E-state index contributed by atoms with van der Waals surface area (Å²) < 4.78 is 5.39. The predicted molar refractivity (Wildman–Crippen MR) is 137 cm³/mol. The lowest BCUT2D eigenvalue weighted by atomic mass is 9.85. The fourth-order valence-electron chi connectivity index (χ4n) is 5.51. The van der Waals surface area contributed by atoms with E-state index in [4.69, 9.17) is 4.74 Å². The van der Waals surface area contributed by atoms with Crippen molar-refractivity contribution >= 4 is 29.6 Å². The summed E-state index contributed by atoms with van der Waals surface area (Å²) in [6.07, 6.45) is 1.62. The van der Waals surface area contributed by atoms with Crippen LogP contribution in [0.15, 0.2) is 0 Å². The molecule has 1 aliphatic heterocycles. The molecule has 4 amide bonds. The number of alkyl carbamates (subject to hydrolysis) is 1. The molecule has 3 rings (SSSR count). The monoisotopic (exact) mass is 520 g/mol. The molecule has 10 nitrogen and oxygen atoms in total. The van der Waals surface area contributed by atoms with Crippen molar-refractivity contribution < 1.29 is 28.7 Å². The number of hydrogen-bond acceptors (Lipinski definition) is 6. The first-order valence-corrected chi connectivity index (χ1v) is 13.2. The van der Waals surface area contributed by atoms with Crippen LogP contribution < -0.4 is 16.0 Å². The van der Waals surface area contributed by atoms with Crippen LogP contribution in [0.5, 0.6) is 0 Å². The molecule has 0 aromatic heterocycles. The number of nitrogens with zero attached hydrogens (tertiary/aromatic N) is 1. The number of amides is 4. The summed E-state index contributed by atoms with van der Waals surface area (Å²) in [7, 11) is 1.38. The standard InChI is InChI=1S/C27H44N4O6/c1-25(2,3)20(30-24(36)37-26(4,5)6)23(35)31-13-15-17(27(15,7)8)18(31)21(33)29-16(12-14-10-11-14)19(32)22(34)28-9/h14-18,20H,10-13H2,1-9H3,(H,28,34)(H,29,33)(H,30,36)/t15-,16?,17-,18-,20+/m0/s1. The normalized spacial score (nSPS) is 25.9. The maximum Gasteiger partial charge on any atom is 0.408 e. The lowest BCUT2D eigenvalue weighted by molar-refractivity contribution is -0.145. The van der Waals surface area contributed by atoms with E-state index in [0.29, 0.717) is 18.9 Å². The molecule has 0 aromatic rings. The molecular weight excluding hydrogens is 476 g/mol. The average Bonchev–Trinajstić information content (AvgIpc) is 3.60. The minimum absolute atomic E-state index is 0.0738. The van der Waals surface area contributed by atoms with Gasteiger partial charge in [0.25, 0.3) is 5.91 Å². The number of likely N-dealkylation sites (N-methyl/N-ethyl adjacent to an activating group) is 1. The van der Waals surface area contributed by atoms with Gasteiger partial charge in [-0.25, -0.2) is 4.79 Å². The highest BCUT2D eigenvalue weighted by atomic mass is 16.6. The first kappa shape index (κ1) is 28.9. The molecule has 0 spiro atoms. The van der Waals surface area contributed by atoms with E-state index in [-0.39, 0.29) is 23.2 Å². The second kappa shape index (κ2) is 9.91. The summed E-state index contributed by atoms with van der Waals surface area (Å²) in [4.78, 5) is 66.5. The van der Waals surface area contributed by atoms with E-state index >= 15 is 0 Å². The first-order chi connectivity index (χ1) is 16.9. The van der Waals surface area contributed by atoms with Gasteiger partial charge in [0.1, 0.15) is 17.7 Å². The van der Waals surface area contributed by atoms with Crippen LogP contribution in [0.3, 0.4) is 0 Å². The van der Waals surface area contributed by atoms with Crippen LogP contribution in [0.4, 0.5) is 4.79 Å². The highest BCUT2D eigenvalue weighted by molar-refractivity contribution is 6.38. The molecule has 0 radical (unpaired) electrons. The highest BCUT2D eigenvalue weighted by Crippen LogP contribution is 2.65. The summed E-state index contributed by atoms with van der Waals surface area (Å²) in [5.74, 6) is -1.86. The molecule has 208 valence electrons. The average molecular weight is 521 g/mol. The molecule has 1 unspecified atom stereocenters. The molecule has 2 saturated carbocycles. The van der Waals surface area contributed by atoms with Crippen LogP contribution in [-0.2, 0) is 23.9 Å². The summed E-state index contributed by atoms with van der Waals surface area (Å²) in [6, 6.07) is -2.65. The van der Waals surface area contributed by atoms with Crippen LogP contribution in [0.25, 0.3) is 0 Å². The van der Waals surface area contributed by atoms with E-state index in [1.54, 1.807) is 25.7 Å². The molecule has 0 bridgehead atoms. The van der Waals surface area contributed by atoms with Crippen LogP contribution >= 0.6 is 0 Å². The van der Waals surface area contributed by atoms with Crippen LogP contribution in [0, 0.1) is 28.6 Å². The van der Waals surface area contributed by atoms with Gasteiger partial charge in [-0.2, -0.15) is 0 Å². The number of Topliss-reactive ketones (excluding diaryl/α,β-unsaturated/α-hetero) is 1. The topological polar surface area (TPSA) is 134 Å². The minimum Gasteiger partial charge on any atom is -0.444 e. The Hall–Kier alpha value is -2.65. The Morgan fingerprint density at radius 2 is 1.59 bits per heavy atom. The van der Waals surface area contributed by atoms with Gasteiger partial charge in [0.15, 0.2) is 0 Å². The van der Waals surface area contributed by atoms with E-state index in [2.05, 4.69) is 29.8 Å². The zero-order chi connectivity index (χ0) is 28.1. The molecule has 3 fully saturated rings. The fraction of sp³-hybridized carbons (Fsp3) is 0.815. The van der Waals surface area contributed by atoms with Crippen LogP contribution in [0.2, 0.25) is 0 Å².